The van der Waals surface area contributed by atoms with Crippen LogP contribution in [-0.2, 0) is 14.4 Å². The van der Waals surface area contributed by atoms with Crippen LogP contribution in [0.1, 0.15) is 128 Å². The summed E-state index contributed by atoms with van der Waals surface area (Å²) in [6.07, 6.45) is 25.1. The van der Waals surface area contributed by atoms with E-state index in [4.69, 9.17) is 0 Å². The van der Waals surface area contributed by atoms with E-state index >= 15 is 0 Å². The average molecular weight is 585 g/mol. The zero-order chi connectivity index (χ0) is 30.5. The largest absolute Gasteiger partial charge is 0.481 e. The molecule has 0 fully saturated rings. The summed E-state index contributed by atoms with van der Waals surface area (Å²) in [5.41, 5.74) is 0.313. The van der Waals surface area contributed by atoms with Gasteiger partial charge in [0.15, 0.2) is 0 Å². The van der Waals surface area contributed by atoms with Crippen LogP contribution in [0.2, 0.25) is 0 Å². The van der Waals surface area contributed by atoms with Crippen molar-refractivity contribution in [2.24, 2.45) is 26.1 Å². The molecule has 2 rings (SSSR count). The van der Waals surface area contributed by atoms with Crippen LogP contribution in [0, 0.1) is 5.41 Å². The van der Waals surface area contributed by atoms with Gasteiger partial charge in [-0.15, -0.1) is 10.2 Å². The molecule has 0 aromatic rings. The van der Waals surface area contributed by atoms with Gasteiger partial charge in [0.25, 0.3) is 0 Å². The summed E-state index contributed by atoms with van der Waals surface area (Å²) in [5, 5.41) is 45.1. The molecule has 0 bridgehead atoms. The Bertz CT molecular complexity index is 1040. The molecule has 0 aromatic carbocycles. The molecular weight excluding hydrogens is 536 g/mol. The van der Waals surface area contributed by atoms with E-state index in [1.165, 1.54) is 32.1 Å². The van der Waals surface area contributed by atoms with Crippen LogP contribution in [0.4, 0.5) is 0 Å². The van der Waals surface area contributed by atoms with Gasteiger partial charge in [0.2, 0.25) is 0 Å². The maximum atomic E-state index is 11.8. The Morgan fingerprint density at radius 2 is 1.21 bits per heavy atom. The highest BCUT2D eigenvalue weighted by molar-refractivity contribution is 6.04. The Hall–Kier alpha value is -3.43. The number of carboxylic acids is 3. The number of aliphatic carboxylic acids is 3. The van der Waals surface area contributed by atoms with Crippen molar-refractivity contribution in [2.45, 2.75) is 128 Å². The van der Waals surface area contributed by atoms with Crippen molar-refractivity contribution in [3.63, 3.8) is 0 Å². The van der Waals surface area contributed by atoms with Crippen molar-refractivity contribution in [1.82, 2.24) is 0 Å². The molecule has 0 spiro atoms. The second kappa shape index (κ2) is 20.4. The van der Waals surface area contributed by atoms with Crippen molar-refractivity contribution in [1.29, 1.82) is 0 Å². The number of allylic oxidation sites excluding steroid dienone is 6. The zero-order valence-electron chi connectivity index (χ0n) is 24.9. The number of nitrogens with zero attached hydrogens (tertiary/aromatic N) is 4. The van der Waals surface area contributed by atoms with E-state index in [1.54, 1.807) is 0 Å². The summed E-state index contributed by atoms with van der Waals surface area (Å²) >= 11 is 0. The molecule has 0 unspecified atom stereocenters. The first-order valence-electron chi connectivity index (χ1n) is 15.5. The SMILES string of the molecule is O=C(O)C\C1=N/N=N\N=C(/C2=C\C=C/C=C/CCCCCCCCC2)CCCCCCCCC1(CC(=O)O)CC(=O)O. The lowest BCUT2D eigenvalue weighted by atomic mass is 9.71. The summed E-state index contributed by atoms with van der Waals surface area (Å²) in [6, 6.07) is 0. The van der Waals surface area contributed by atoms with Gasteiger partial charge in [0, 0.05) is 5.41 Å². The molecular formula is C32H48N4O6. The Balaban J connectivity index is 2.48. The first-order chi connectivity index (χ1) is 20.3. The van der Waals surface area contributed by atoms with Crippen LogP contribution in [0.3, 0.4) is 0 Å². The Morgan fingerprint density at radius 1 is 0.643 bits per heavy atom. The van der Waals surface area contributed by atoms with E-state index in [0.29, 0.717) is 6.42 Å². The second-order valence-corrected chi connectivity index (χ2v) is 11.4. The van der Waals surface area contributed by atoms with E-state index in [9.17, 15) is 29.7 Å². The minimum absolute atomic E-state index is 0.0991. The Labute approximate surface area is 249 Å². The van der Waals surface area contributed by atoms with Gasteiger partial charge in [0.05, 0.1) is 30.7 Å². The van der Waals surface area contributed by atoms with Crippen molar-refractivity contribution < 1.29 is 29.7 Å². The fraction of sp³-hybridized carbons (Fsp3) is 0.656. The molecule has 42 heavy (non-hydrogen) atoms. The first-order valence-corrected chi connectivity index (χ1v) is 15.5. The highest BCUT2D eigenvalue weighted by atomic mass is 16.4. The molecule has 0 saturated carbocycles. The Kier molecular flexibility index (Phi) is 16.9. The number of carbonyl (C=O) groups is 3. The highest BCUT2D eigenvalue weighted by Gasteiger charge is 2.41. The molecule has 1 heterocycles. The van der Waals surface area contributed by atoms with Crippen LogP contribution >= 0.6 is 0 Å². The smallest absolute Gasteiger partial charge is 0.309 e. The lowest BCUT2D eigenvalue weighted by Crippen LogP contribution is -2.37. The molecule has 232 valence electrons. The molecule has 0 atom stereocenters. The monoisotopic (exact) mass is 584 g/mol. The summed E-state index contributed by atoms with van der Waals surface area (Å²) in [4.78, 5) is 35.4. The molecule has 10 nitrogen and oxygen atoms in total. The van der Waals surface area contributed by atoms with E-state index < -0.39 is 42.6 Å². The van der Waals surface area contributed by atoms with Crippen LogP contribution in [0.15, 0.2) is 56.6 Å². The molecule has 0 aromatic heterocycles. The topological polar surface area (TPSA) is 161 Å². The van der Waals surface area contributed by atoms with Crippen molar-refractivity contribution >= 4 is 29.3 Å². The molecule has 0 saturated heterocycles. The minimum Gasteiger partial charge on any atom is -0.481 e. The van der Waals surface area contributed by atoms with Gasteiger partial charge in [-0.25, -0.2) is 0 Å². The predicted octanol–water partition coefficient (Wildman–Crippen LogP) is 8.26. The van der Waals surface area contributed by atoms with E-state index in [0.717, 1.165) is 75.5 Å². The molecule has 10 heteroatoms. The van der Waals surface area contributed by atoms with Gasteiger partial charge in [-0.1, -0.05) is 94.6 Å². The third-order valence-corrected chi connectivity index (χ3v) is 7.94. The van der Waals surface area contributed by atoms with E-state index in [-0.39, 0.29) is 12.1 Å². The van der Waals surface area contributed by atoms with E-state index in [2.05, 4.69) is 38.9 Å². The summed E-state index contributed by atoms with van der Waals surface area (Å²) < 4.78 is 0. The van der Waals surface area contributed by atoms with Gasteiger partial charge in [-0.05, 0) is 61.0 Å². The average Bonchev–Trinajstić information content (AvgIpc) is 2.93. The van der Waals surface area contributed by atoms with Gasteiger partial charge in [0.1, 0.15) is 0 Å². The zero-order valence-corrected chi connectivity index (χ0v) is 24.9. The Morgan fingerprint density at radius 3 is 1.86 bits per heavy atom. The van der Waals surface area contributed by atoms with Crippen LogP contribution in [0.25, 0.3) is 0 Å². The summed E-state index contributed by atoms with van der Waals surface area (Å²) in [6.45, 7) is 0. The molecule has 3 N–H and O–H groups in total. The molecule has 0 amide bonds. The maximum absolute atomic E-state index is 11.8. The fourth-order valence-electron chi connectivity index (χ4n) is 5.72. The third-order valence-electron chi connectivity index (χ3n) is 7.94. The quantitative estimate of drug-likeness (QED) is 0.273. The third kappa shape index (κ3) is 14.5. The number of hydrogen-bond acceptors (Lipinski definition) is 7. The van der Waals surface area contributed by atoms with Gasteiger partial charge in [-0.2, -0.15) is 0 Å². The summed E-state index contributed by atoms with van der Waals surface area (Å²) in [5.74, 6) is -3.68. The van der Waals surface area contributed by atoms with Gasteiger partial charge in [-0.3, -0.25) is 14.4 Å². The predicted molar refractivity (Wildman–Crippen MR) is 164 cm³/mol. The van der Waals surface area contributed by atoms with Crippen molar-refractivity contribution in [3.05, 3.63) is 36.0 Å². The van der Waals surface area contributed by atoms with Crippen LogP contribution < -0.4 is 0 Å². The van der Waals surface area contributed by atoms with Gasteiger partial charge < -0.3 is 15.3 Å². The maximum Gasteiger partial charge on any atom is 0.309 e. The first kappa shape index (κ1) is 34.8. The van der Waals surface area contributed by atoms with Crippen LogP contribution in [-0.4, -0.2) is 44.7 Å². The number of carboxylic acid groups (broad SMARTS) is 3. The number of rotatable bonds is 7. The minimum atomic E-state index is -1.48. The van der Waals surface area contributed by atoms with E-state index in [1.807, 2.05) is 12.2 Å². The van der Waals surface area contributed by atoms with Crippen molar-refractivity contribution in [3.8, 4) is 0 Å². The molecule has 0 radical (unpaired) electrons. The second-order valence-electron chi connectivity index (χ2n) is 11.4. The fourth-order valence-corrected chi connectivity index (χ4v) is 5.72. The normalized spacial score (nSPS) is 26.4. The summed E-state index contributed by atoms with van der Waals surface area (Å²) in [7, 11) is 0. The molecule has 1 aliphatic heterocycles. The molecule has 1 aliphatic carbocycles. The van der Waals surface area contributed by atoms with Gasteiger partial charge >= 0.3 is 17.9 Å². The highest BCUT2D eigenvalue weighted by Crippen LogP contribution is 2.37. The number of hydrogen-bond donors (Lipinski definition) is 3. The molecule has 2 aliphatic rings. The lowest BCUT2D eigenvalue weighted by Gasteiger charge is -2.31. The van der Waals surface area contributed by atoms with Crippen LogP contribution in [0.5, 0.6) is 0 Å². The lowest BCUT2D eigenvalue weighted by molar-refractivity contribution is -0.143. The van der Waals surface area contributed by atoms with Crippen molar-refractivity contribution in [2.75, 3.05) is 0 Å². The standard InChI is InChI=1S/C32H48N4O6/c37-29(38)23-28-32(24-30(39)40,25-31(41)42)22-18-14-10-9-13-17-21-27(33-35-36-34-28)26-19-15-11-7-5-3-1-2-4-6-8-12-16-20-26/h5,7,11,15,19H,1-4,6,8-10,12-14,16-18,20-25H2,(H,37,38)(H,39,40)(H,41,42)/b7-5+,15-11-,26-19-,33-27-,34-28+,36-35-.